The van der Waals surface area contributed by atoms with Crippen molar-refractivity contribution in [1.82, 2.24) is 5.01 Å². The van der Waals surface area contributed by atoms with E-state index in [9.17, 15) is 0 Å². The summed E-state index contributed by atoms with van der Waals surface area (Å²) in [6.07, 6.45) is 0.632. The van der Waals surface area contributed by atoms with Gasteiger partial charge in [-0.15, -0.1) is 0 Å². The average Bonchev–Trinajstić information content (AvgIpc) is 2.01. The third-order valence-corrected chi connectivity index (χ3v) is 1.07. The van der Waals surface area contributed by atoms with E-state index in [2.05, 4.69) is 11.0 Å². The molecule has 0 aromatic carbocycles. The van der Waals surface area contributed by atoms with Crippen molar-refractivity contribution in [3.8, 4) is 12.1 Å². The Kier molecular flexibility index (Phi) is 6.07. The first-order valence-electron chi connectivity index (χ1n) is 3.45. The summed E-state index contributed by atoms with van der Waals surface area (Å²) in [5, 5.41) is 18.4. The fourth-order valence-electron chi connectivity index (χ4n) is 0.641. The van der Waals surface area contributed by atoms with Crippen LogP contribution in [0.3, 0.4) is 0 Å². The van der Waals surface area contributed by atoms with E-state index >= 15 is 0 Å². The second kappa shape index (κ2) is 6.85. The third kappa shape index (κ3) is 5.20. The van der Waals surface area contributed by atoms with Gasteiger partial charge in [-0.05, 0) is 6.42 Å². The maximum atomic E-state index is 8.48. The molecule has 0 unspecified atom stereocenters. The summed E-state index contributed by atoms with van der Waals surface area (Å²) in [7, 11) is 0. The first-order valence-corrected chi connectivity index (χ1v) is 3.45. The Labute approximate surface area is 66.4 Å². The van der Waals surface area contributed by atoms with E-state index in [4.69, 9.17) is 10.4 Å². The fourth-order valence-corrected chi connectivity index (χ4v) is 0.641. The maximum Gasteiger partial charge on any atom is 0.315 e. The lowest BCUT2D eigenvalue weighted by Crippen LogP contribution is -2.17. The van der Waals surface area contributed by atoms with Gasteiger partial charge in [0.15, 0.2) is 6.54 Å². The van der Waals surface area contributed by atoms with Gasteiger partial charge in [-0.1, -0.05) is 5.01 Å². The molecule has 0 aliphatic heterocycles. The second-order valence-corrected chi connectivity index (χ2v) is 1.95. The van der Waals surface area contributed by atoms with E-state index in [1.165, 1.54) is 0 Å². The highest BCUT2D eigenvalue weighted by molar-refractivity contribution is 4.84. The molecule has 0 saturated carbocycles. The second-order valence-electron chi connectivity index (χ2n) is 1.95. The van der Waals surface area contributed by atoms with Crippen LogP contribution >= 0.6 is 0 Å². The van der Waals surface area contributed by atoms with Gasteiger partial charge >= 0.3 is 6.07 Å². The number of nitriles is 1. The zero-order valence-electron chi connectivity index (χ0n) is 6.62. The van der Waals surface area contributed by atoms with Crippen molar-refractivity contribution in [2.45, 2.75) is 13.3 Å². The van der Waals surface area contributed by atoms with Crippen LogP contribution in [0.25, 0.3) is 4.95 Å². The van der Waals surface area contributed by atoms with E-state index in [1.54, 1.807) is 11.9 Å². The lowest BCUT2D eigenvalue weighted by molar-refractivity contribution is 0.264. The third-order valence-electron chi connectivity index (χ3n) is 1.07. The molecule has 0 spiro atoms. The summed E-state index contributed by atoms with van der Waals surface area (Å²) in [4.78, 5) is 3.80. The van der Waals surface area contributed by atoms with Gasteiger partial charge in [0.25, 0.3) is 0 Å². The number of aliphatic hydroxyl groups excluding tert-OH is 1. The van der Waals surface area contributed by atoms with Gasteiger partial charge < -0.3 is 5.11 Å². The van der Waals surface area contributed by atoms with Gasteiger partial charge in [-0.3, -0.25) is 0 Å². The van der Waals surface area contributed by atoms with Crippen LogP contribution in [-0.4, -0.2) is 29.8 Å². The molecule has 0 aliphatic rings. The lowest BCUT2D eigenvalue weighted by Gasteiger charge is -1.98. The van der Waals surface area contributed by atoms with Crippen LogP contribution in [-0.2, 0) is 0 Å². The predicted octanol–water partition coefficient (Wildman–Crippen LogP) is 0.462. The molecule has 0 amide bonds. The summed E-state index contributed by atoms with van der Waals surface area (Å²) in [6, 6.07) is 4.55. The summed E-state index contributed by atoms with van der Waals surface area (Å²) in [5.74, 6) is 0. The zero-order chi connectivity index (χ0) is 8.53. The molecule has 0 aliphatic carbocycles. The molecule has 0 bridgehead atoms. The van der Waals surface area contributed by atoms with Gasteiger partial charge in [0.05, 0.1) is 24.5 Å². The summed E-state index contributed by atoms with van der Waals surface area (Å²) in [6.45, 7) is 2.65. The van der Waals surface area contributed by atoms with Gasteiger partial charge in [-0.25, -0.2) is 0 Å². The molecule has 1 N–H and O–H groups in total. The van der Waals surface area contributed by atoms with Crippen molar-refractivity contribution < 1.29 is 5.11 Å². The van der Waals surface area contributed by atoms with Crippen molar-refractivity contribution in [2.75, 3.05) is 19.7 Å². The molecule has 0 fully saturated rings. The summed E-state index contributed by atoms with van der Waals surface area (Å²) in [5.41, 5.74) is 0. The minimum Gasteiger partial charge on any atom is -0.396 e. The Hall–Kier alpha value is -1.26. The normalized spacial score (nSPS) is 7.73. The van der Waals surface area contributed by atoms with E-state index < -0.39 is 0 Å². The first kappa shape index (κ1) is 9.74. The largest absolute Gasteiger partial charge is 0.396 e. The SMILES string of the molecule is CC#[N+]N(CC#N)CCCO. The van der Waals surface area contributed by atoms with Crippen LogP contribution < -0.4 is 0 Å². The monoisotopic (exact) mass is 154 g/mol. The quantitative estimate of drug-likeness (QED) is 0.473. The van der Waals surface area contributed by atoms with E-state index in [0.717, 1.165) is 0 Å². The highest BCUT2D eigenvalue weighted by atomic mass is 16.3. The number of hydrogen-bond donors (Lipinski definition) is 1. The maximum absolute atomic E-state index is 8.48. The average molecular weight is 154 g/mol. The van der Waals surface area contributed by atoms with Crippen molar-refractivity contribution >= 4 is 0 Å². The minimum absolute atomic E-state index is 0.126. The van der Waals surface area contributed by atoms with Gasteiger partial charge in [0.1, 0.15) is 0 Å². The topological polar surface area (TPSA) is 51.6 Å². The first-order chi connectivity index (χ1) is 5.35. The smallest absolute Gasteiger partial charge is 0.315 e. The van der Waals surface area contributed by atoms with Gasteiger partial charge in [-0.2, -0.15) is 5.26 Å². The molecular formula is C7H12N3O+. The number of rotatable bonds is 4. The lowest BCUT2D eigenvalue weighted by atomic mass is 10.4. The summed E-state index contributed by atoms with van der Waals surface area (Å²) < 4.78 is 0. The van der Waals surface area contributed by atoms with Crippen molar-refractivity contribution in [3.05, 3.63) is 4.95 Å². The molecule has 4 nitrogen and oxygen atoms in total. The van der Waals surface area contributed by atoms with Gasteiger partial charge in [0.2, 0.25) is 0 Å². The Morgan fingerprint density at radius 2 is 2.36 bits per heavy atom. The Morgan fingerprint density at radius 3 is 2.82 bits per heavy atom. The predicted molar refractivity (Wildman–Crippen MR) is 41.8 cm³/mol. The molecule has 0 rings (SSSR count). The number of aliphatic hydroxyl groups is 1. The Balaban J connectivity index is 3.68. The van der Waals surface area contributed by atoms with E-state index in [-0.39, 0.29) is 13.2 Å². The van der Waals surface area contributed by atoms with Crippen LogP contribution in [0.5, 0.6) is 0 Å². The fraction of sp³-hybridized carbons (Fsp3) is 0.714. The molecule has 0 heterocycles. The molecule has 60 valence electrons. The Bertz CT molecular complexity index is 186. The molecule has 11 heavy (non-hydrogen) atoms. The van der Waals surface area contributed by atoms with Crippen LogP contribution in [0.1, 0.15) is 13.3 Å². The number of hydrogen-bond acceptors (Lipinski definition) is 3. The van der Waals surface area contributed by atoms with Crippen LogP contribution in [0.4, 0.5) is 0 Å². The Morgan fingerprint density at radius 1 is 1.64 bits per heavy atom. The highest BCUT2D eigenvalue weighted by Crippen LogP contribution is 1.90. The standard InChI is InChI=1S/C7H12N3O/c1-2-9-10(6-4-8)5-3-7-11/h11H,3,5-7H2,1H3/q+1. The van der Waals surface area contributed by atoms with Crippen molar-refractivity contribution in [3.63, 3.8) is 0 Å². The molecule has 0 aromatic heterocycles. The van der Waals surface area contributed by atoms with E-state index in [1.807, 2.05) is 6.07 Å². The zero-order valence-corrected chi connectivity index (χ0v) is 6.62. The van der Waals surface area contributed by atoms with Crippen molar-refractivity contribution in [2.24, 2.45) is 0 Å². The minimum atomic E-state index is 0.126. The molecular weight excluding hydrogens is 142 g/mol. The molecule has 0 atom stereocenters. The van der Waals surface area contributed by atoms with Gasteiger partial charge in [0, 0.05) is 6.61 Å². The highest BCUT2D eigenvalue weighted by Gasteiger charge is 2.07. The van der Waals surface area contributed by atoms with E-state index in [0.29, 0.717) is 13.0 Å². The molecule has 0 aromatic rings. The molecule has 0 saturated heterocycles. The molecule has 4 heteroatoms. The van der Waals surface area contributed by atoms with Crippen LogP contribution in [0.2, 0.25) is 0 Å². The van der Waals surface area contributed by atoms with Crippen LogP contribution in [0.15, 0.2) is 0 Å². The van der Waals surface area contributed by atoms with Crippen molar-refractivity contribution in [1.29, 1.82) is 5.26 Å². The number of nitrogens with zero attached hydrogens (tertiary/aromatic N) is 3. The summed E-state index contributed by atoms with van der Waals surface area (Å²) >= 11 is 0. The van der Waals surface area contributed by atoms with Crippen LogP contribution in [0, 0.1) is 17.4 Å². The molecule has 0 radical (unpaired) electrons.